The number of rotatable bonds is 3. The molecule has 122 valence electrons. The van der Waals surface area contributed by atoms with Gasteiger partial charge in [-0.15, -0.1) is 0 Å². The third-order valence-corrected chi connectivity index (χ3v) is 5.52. The van der Waals surface area contributed by atoms with E-state index in [9.17, 15) is 5.11 Å². The zero-order valence-electron chi connectivity index (χ0n) is 14.1. The highest BCUT2D eigenvalue weighted by Gasteiger charge is 2.32. The average molecular weight is 302 g/mol. The maximum atomic E-state index is 9.90. The first-order chi connectivity index (χ1) is 10.7. The van der Waals surface area contributed by atoms with E-state index >= 15 is 0 Å². The van der Waals surface area contributed by atoms with Gasteiger partial charge < -0.3 is 10.4 Å². The third-order valence-electron chi connectivity index (χ3n) is 5.52. The molecule has 2 aliphatic rings. The lowest BCUT2D eigenvalue weighted by Crippen LogP contribution is -2.47. The van der Waals surface area contributed by atoms with Crippen LogP contribution in [0.25, 0.3) is 0 Å². The van der Waals surface area contributed by atoms with Crippen LogP contribution in [0.15, 0.2) is 12.1 Å². The van der Waals surface area contributed by atoms with Gasteiger partial charge in [0.05, 0.1) is 0 Å². The molecule has 1 aliphatic heterocycles. The number of nitrogens with zero attached hydrogens (tertiary/aromatic N) is 1. The van der Waals surface area contributed by atoms with Gasteiger partial charge in [0.1, 0.15) is 5.75 Å². The summed E-state index contributed by atoms with van der Waals surface area (Å²) in [5.41, 5.74) is 3.99. The van der Waals surface area contributed by atoms with Crippen molar-refractivity contribution in [3.05, 3.63) is 28.8 Å². The minimum Gasteiger partial charge on any atom is -0.508 e. The van der Waals surface area contributed by atoms with Crippen LogP contribution in [0, 0.1) is 19.8 Å². The van der Waals surface area contributed by atoms with E-state index in [1.807, 2.05) is 12.1 Å². The van der Waals surface area contributed by atoms with Crippen LogP contribution in [0.1, 0.15) is 54.8 Å². The van der Waals surface area contributed by atoms with Crippen LogP contribution in [0.3, 0.4) is 0 Å². The van der Waals surface area contributed by atoms with Crippen LogP contribution >= 0.6 is 0 Å². The molecule has 1 aromatic carbocycles. The molecule has 3 rings (SSSR count). The molecule has 0 amide bonds. The van der Waals surface area contributed by atoms with Gasteiger partial charge in [-0.25, -0.2) is 0 Å². The molecule has 1 aliphatic carbocycles. The second kappa shape index (κ2) is 7.01. The summed E-state index contributed by atoms with van der Waals surface area (Å²) in [5.74, 6) is 1.18. The highest BCUT2D eigenvalue weighted by molar-refractivity contribution is 5.42. The Balaban J connectivity index is 1.96. The van der Waals surface area contributed by atoms with Crippen molar-refractivity contribution in [3.63, 3.8) is 0 Å². The number of nitrogens with one attached hydrogen (secondary N) is 1. The van der Waals surface area contributed by atoms with Crippen molar-refractivity contribution in [2.45, 2.75) is 52.0 Å². The van der Waals surface area contributed by atoms with Crippen LogP contribution < -0.4 is 5.32 Å². The zero-order valence-corrected chi connectivity index (χ0v) is 14.1. The van der Waals surface area contributed by atoms with Gasteiger partial charge in [0, 0.05) is 32.2 Å². The molecule has 2 fully saturated rings. The number of hydrogen-bond acceptors (Lipinski definition) is 3. The normalized spacial score (nSPS) is 22.6. The Bertz CT molecular complexity index is 461. The predicted octanol–water partition coefficient (Wildman–Crippen LogP) is 3.54. The Labute approximate surface area is 134 Å². The van der Waals surface area contributed by atoms with Gasteiger partial charge in [0.25, 0.3) is 0 Å². The molecule has 0 radical (unpaired) electrons. The number of phenols is 1. The molecule has 1 aromatic rings. The van der Waals surface area contributed by atoms with E-state index < -0.39 is 0 Å². The largest absolute Gasteiger partial charge is 0.508 e. The van der Waals surface area contributed by atoms with E-state index in [0.717, 1.165) is 32.1 Å². The van der Waals surface area contributed by atoms with E-state index in [-0.39, 0.29) is 0 Å². The minimum atomic E-state index is 0.404. The molecule has 22 heavy (non-hydrogen) atoms. The third kappa shape index (κ3) is 3.31. The molecule has 1 saturated carbocycles. The average Bonchev–Trinajstić information content (AvgIpc) is 2.52. The number of piperazine rings is 1. The molecule has 0 aromatic heterocycles. The summed E-state index contributed by atoms with van der Waals surface area (Å²) in [4.78, 5) is 2.69. The van der Waals surface area contributed by atoms with E-state index in [0.29, 0.717) is 11.8 Å². The number of aryl methyl sites for hydroxylation is 2. The van der Waals surface area contributed by atoms with Crippen LogP contribution in [0.5, 0.6) is 5.75 Å². The Kier molecular flexibility index (Phi) is 5.04. The van der Waals surface area contributed by atoms with E-state index in [2.05, 4.69) is 24.1 Å². The lowest BCUT2D eigenvalue weighted by molar-refractivity contribution is 0.102. The number of hydrogen-bond donors (Lipinski definition) is 2. The van der Waals surface area contributed by atoms with Crippen molar-refractivity contribution in [2.75, 3.05) is 26.2 Å². The van der Waals surface area contributed by atoms with Crippen molar-refractivity contribution in [1.82, 2.24) is 10.2 Å². The van der Waals surface area contributed by atoms with Crippen molar-refractivity contribution < 1.29 is 5.11 Å². The first kappa shape index (κ1) is 15.8. The summed E-state index contributed by atoms with van der Waals surface area (Å²) in [7, 11) is 0. The van der Waals surface area contributed by atoms with Crippen LogP contribution in [-0.4, -0.2) is 36.2 Å². The van der Waals surface area contributed by atoms with Gasteiger partial charge >= 0.3 is 0 Å². The Hall–Kier alpha value is -1.06. The Morgan fingerprint density at radius 1 is 1.05 bits per heavy atom. The second-order valence-corrected chi connectivity index (χ2v) is 7.12. The van der Waals surface area contributed by atoms with Gasteiger partial charge in [-0.1, -0.05) is 19.3 Å². The molecule has 2 N–H and O–H groups in total. The maximum Gasteiger partial charge on any atom is 0.116 e. The quantitative estimate of drug-likeness (QED) is 0.896. The lowest BCUT2D eigenvalue weighted by Gasteiger charge is -2.42. The Morgan fingerprint density at radius 3 is 2.23 bits per heavy atom. The summed E-state index contributed by atoms with van der Waals surface area (Å²) < 4.78 is 0. The lowest BCUT2D eigenvalue weighted by atomic mass is 9.78. The van der Waals surface area contributed by atoms with Gasteiger partial charge in [0.2, 0.25) is 0 Å². The topological polar surface area (TPSA) is 35.5 Å². The first-order valence-corrected chi connectivity index (χ1v) is 8.91. The van der Waals surface area contributed by atoms with Crippen molar-refractivity contribution >= 4 is 0 Å². The SMILES string of the molecule is Cc1cc(O)cc(C)c1[C@@H](C1CCCCC1)N1CCNCC1. The predicted molar refractivity (Wildman–Crippen MR) is 91.3 cm³/mol. The molecule has 1 atom stereocenters. The summed E-state index contributed by atoms with van der Waals surface area (Å²) >= 11 is 0. The van der Waals surface area contributed by atoms with Gasteiger partial charge in [-0.3, -0.25) is 4.90 Å². The molecule has 0 spiro atoms. The smallest absolute Gasteiger partial charge is 0.116 e. The van der Waals surface area contributed by atoms with Gasteiger partial charge in [-0.05, 0) is 61.4 Å². The van der Waals surface area contributed by atoms with Crippen molar-refractivity contribution in [2.24, 2.45) is 5.92 Å². The zero-order chi connectivity index (χ0) is 15.5. The molecule has 1 heterocycles. The highest BCUT2D eigenvalue weighted by Crippen LogP contribution is 2.41. The molecule has 3 nitrogen and oxygen atoms in total. The number of benzene rings is 1. The fourth-order valence-electron chi connectivity index (χ4n) is 4.54. The maximum absolute atomic E-state index is 9.90. The van der Waals surface area contributed by atoms with Crippen LogP contribution in [0.4, 0.5) is 0 Å². The molecule has 0 unspecified atom stereocenters. The van der Waals surface area contributed by atoms with E-state index in [1.54, 1.807) is 0 Å². The summed E-state index contributed by atoms with van der Waals surface area (Å²) in [6, 6.07) is 4.42. The van der Waals surface area contributed by atoms with Crippen molar-refractivity contribution in [3.8, 4) is 5.75 Å². The minimum absolute atomic E-state index is 0.404. The number of aromatic hydroxyl groups is 1. The molecule has 0 bridgehead atoms. The summed E-state index contributed by atoms with van der Waals surface area (Å²) in [5, 5.41) is 13.4. The fourth-order valence-corrected chi connectivity index (χ4v) is 4.54. The Morgan fingerprint density at radius 2 is 1.64 bits per heavy atom. The van der Waals surface area contributed by atoms with Crippen LogP contribution in [-0.2, 0) is 0 Å². The number of phenolic OH excluding ortho intramolecular Hbond substituents is 1. The van der Waals surface area contributed by atoms with E-state index in [4.69, 9.17) is 0 Å². The molecule has 1 saturated heterocycles. The van der Waals surface area contributed by atoms with Gasteiger partial charge in [-0.2, -0.15) is 0 Å². The van der Waals surface area contributed by atoms with Crippen molar-refractivity contribution in [1.29, 1.82) is 0 Å². The highest BCUT2D eigenvalue weighted by atomic mass is 16.3. The van der Waals surface area contributed by atoms with Gasteiger partial charge in [0.15, 0.2) is 0 Å². The van der Waals surface area contributed by atoms with E-state index in [1.165, 1.54) is 48.8 Å². The fraction of sp³-hybridized carbons (Fsp3) is 0.684. The second-order valence-electron chi connectivity index (χ2n) is 7.12. The molecular weight excluding hydrogens is 272 g/mol. The van der Waals surface area contributed by atoms with Crippen LogP contribution in [0.2, 0.25) is 0 Å². The first-order valence-electron chi connectivity index (χ1n) is 8.91. The monoisotopic (exact) mass is 302 g/mol. The molecule has 3 heteroatoms. The summed E-state index contributed by atoms with van der Waals surface area (Å²) in [6.07, 6.45) is 6.87. The standard InChI is InChI=1S/C19H30N2O/c1-14-12-17(22)13-15(2)18(14)19(16-6-4-3-5-7-16)21-10-8-20-9-11-21/h12-13,16,19-20,22H,3-11H2,1-2H3/t19-/m1/s1. The summed E-state index contributed by atoms with van der Waals surface area (Å²) in [6.45, 7) is 8.81. The molecular formula is C19H30N2O.